The van der Waals surface area contributed by atoms with Crippen LogP contribution < -0.4 is 0 Å². The zero-order chi connectivity index (χ0) is 8.27. The van der Waals surface area contributed by atoms with Gasteiger partial charge in [-0.1, -0.05) is 0 Å². The predicted octanol–water partition coefficient (Wildman–Crippen LogP) is 1.83. The van der Waals surface area contributed by atoms with Gasteiger partial charge in [0.05, 0.1) is 17.0 Å². The topological polar surface area (TPSA) is 42.6 Å². The third-order valence-corrected chi connectivity index (χ3v) is 1.33. The minimum Gasteiger partial charge on any atom is -0.469 e. The van der Waals surface area contributed by atoms with Gasteiger partial charge in [-0.05, 0) is 25.2 Å². The molecule has 0 unspecified atom stereocenters. The Labute approximate surface area is 68.7 Å². The Balaban J connectivity index is 3.02. The first-order valence-electron chi connectivity index (χ1n) is 2.92. The number of amides is 1. The SMILES string of the molecule is Cc1occc1C(=O)N=C=S. The maximum atomic E-state index is 11.0. The molecule has 0 aromatic carbocycles. The van der Waals surface area contributed by atoms with Crippen molar-refractivity contribution in [3.63, 3.8) is 0 Å². The van der Waals surface area contributed by atoms with Gasteiger partial charge in [0.25, 0.3) is 5.91 Å². The van der Waals surface area contributed by atoms with Crippen LogP contribution >= 0.6 is 12.2 Å². The number of aryl methyl sites for hydroxylation is 1. The zero-order valence-corrected chi connectivity index (χ0v) is 6.64. The Kier molecular flexibility index (Phi) is 2.31. The Morgan fingerprint density at radius 1 is 1.82 bits per heavy atom. The first kappa shape index (κ1) is 7.85. The predicted molar refractivity (Wildman–Crippen MR) is 42.8 cm³/mol. The number of furan rings is 1. The molecule has 3 nitrogen and oxygen atoms in total. The van der Waals surface area contributed by atoms with E-state index in [0.29, 0.717) is 11.3 Å². The van der Waals surface area contributed by atoms with Crippen LogP contribution in [0, 0.1) is 6.92 Å². The number of carbonyl (C=O) groups excluding carboxylic acids is 1. The lowest BCUT2D eigenvalue weighted by molar-refractivity contribution is 0.100. The summed E-state index contributed by atoms with van der Waals surface area (Å²) in [6.45, 7) is 1.69. The van der Waals surface area contributed by atoms with Crippen LogP contribution in [0.1, 0.15) is 16.1 Å². The summed E-state index contributed by atoms with van der Waals surface area (Å²) in [7, 11) is 0. The summed E-state index contributed by atoms with van der Waals surface area (Å²) >= 11 is 4.28. The van der Waals surface area contributed by atoms with E-state index in [0.717, 1.165) is 0 Å². The van der Waals surface area contributed by atoms with Crippen molar-refractivity contribution < 1.29 is 9.21 Å². The van der Waals surface area contributed by atoms with Gasteiger partial charge in [-0.3, -0.25) is 4.79 Å². The molecule has 1 rings (SSSR count). The summed E-state index contributed by atoms with van der Waals surface area (Å²) in [5.74, 6) is 0.134. The van der Waals surface area contributed by atoms with Crippen LogP contribution in [0.3, 0.4) is 0 Å². The number of hydrogen-bond donors (Lipinski definition) is 0. The Bertz CT molecular complexity index is 323. The molecule has 0 spiro atoms. The Morgan fingerprint density at radius 3 is 3.00 bits per heavy atom. The van der Waals surface area contributed by atoms with E-state index in [1.54, 1.807) is 13.0 Å². The first-order chi connectivity index (χ1) is 5.25. The average Bonchev–Trinajstić information content (AvgIpc) is 2.36. The van der Waals surface area contributed by atoms with E-state index < -0.39 is 5.91 Å². The van der Waals surface area contributed by atoms with Crippen LogP contribution in [0.4, 0.5) is 0 Å². The molecule has 0 aliphatic carbocycles. The number of carbonyl (C=O) groups is 1. The summed E-state index contributed by atoms with van der Waals surface area (Å²) < 4.78 is 4.89. The fourth-order valence-corrected chi connectivity index (χ4v) is 0.791. The number of isothiocyanates is 1. The van der Waals surface area contributed by atoms with Crippen molar-refractivity contribution in [2.45, 2.75) is 6.92 Å². The van der Waals surface area contributed by atoms with Crippen molar-refractivity contribution in [1.29, 1.82) is 0 Å². The smallest absolute Gasteiger partial charge is 0.289 e. The number of thiocarbonyl (C=S) groups is 1. The maximum Gasteiger partial charge on any atom is 0.289 e. The van der Waals surface area contributed by atoms with Crippen LogP contribution in [0.15, 0.2) is 21.7 Å². The number of hydrogen-bond acceptors (Lipinski definition) is 3. The summed E-state index contributed by atoms with van der Waals surface area (Å²) in [6.07, 6.45) is 1.43. The van der Waals surface area contributed by atoms with Gasteiger partial charge in [-0.25, -0.2) is 0 Å². The van der Waals surface area contributed by atoms with Gasteiger partial charge in [0, 0.05) is 0 Å². The first-order valence-corrected chi connectivity index (χ1v) is 3.33. The number of rotatable bonds is 1. The van der Waals surface area contributed by atoms with Crippen molar-refractivity contribution >= 4 is 23.3 Å². The molecular weight excluding hydrogens is 162 g/mol. The van der Waals surface area contributed by atoms with Crippen molar-refractivity contribution in [2.24, 2.45) is 4.99 Å². The molecule has 0 aliphatic heterocycles. The summed E-state index contributed by atoms with van der Waals surface area (Å²) in [4.78, 5) is 14.3. The van der Waals surface area contributed by atoms with Gasteiger partial charge in [-0.15, -0.1) is 0 Å². The fourth-order valence-electron chi connectivity index (χ4n) is 0.709. The molecule has 1 aromatic rings. The normalized spacial score (nSPS) is 8.82. The van der Waals surface area contributed by atoms with E-state index >= 15 is 0 Å². The Morgan fingerprint density at radius 2 is 2.55 bits per heavy atom. The highest BCUT2D eigenvalue weighted by Gasteiger charge is 2.08. The van der Waals surface area contributed by atoms with Gasteiger partial charge in [0.1, 0.15) is 5.76 Å². The molecule has 4 heteroatoms. The van der Waals surface area contributed by atoms with Crippen molar-refractivity contribution in [3.05, 3.63) is 23.7 Å². The minimum atomic E-state index is -0.411. The van der Waals surface area contributed by atoms with Crippen LogP contribution in [-0.2, 0) is 0 Å². The molecule has 0 saturated carbocycles. The monoisotopic (exact) mass is 167 g/mol. The highest BCUT2D eigenvalue weighted by molar-refractivity contribution is 7.78. The summed E-state index contributed by atoms with van der Waals surface area (Å²) in [6, 6.07) is 1.55. The third kappa shape index (κ3) is 1.61. The molecule has 0 radical (unpaired) electrons. The minimum absolute atomic E-state index is 0.411. The molecule has 11 heavy (non-hydrogen) atoms. The maximum absolute atomic E-state index is 11.0. The highest BCUT2D eigenvalue weighted by Crippen LogP contribution is 2.09. The molecule has 0 fully saturated rings. The number of aliphatic imine (C=N–C) groups is 1. The van der Waals surface area contributed by atoms with Crippen LogP contribution in [0.2, 0.25) is 0 Å². The van der Waals surface area contributed by atoms with Gasteiger partial charge in [0.2, 0.25) is 0 Å². The average molecular weight is 167 g/mol. The highest BCUT2D eigenvalue weighted by atomic mass is 32.1. The second-order valence-corrected chi connectivity index (χ2v) is 2.08. The van der Waals surface area contributed by atoms with Crippen molar-refractivity contribution in [2.75, 3.05) is 0 Å². The van der Waals surface area contributed by atoms with E-state index in [9.17, 15) is 4.79 Å². The quantitative estimate of drug-likeness (QED) is 0.473. The van der Waals surface area contributed by atoms with Crippen molar-refractivity contribution in [1.82, 2.24) is 0 Å². The van der Waals surface area contributed by atoms with Crippen molar-refractivity contribution in [3.8, 4) is 0 Å². The largest absolute Gasteiger partial charge is 0.469 e. The van der Waals surface area contributed by atoms with E-state index in [-0.39, 0.29) is 0 Å². The van der Waals surface area contributed by atoms with E-state index in [1.807, 2.05) is 5.16 Å². The molecule has 1 heterocycles. The lowest BCUT2D eigenvalue weighted by Gasteiger charge is -1.86. The molecule has 0 saturated heterocycles. The molecule has 56 valence electrons. The second-order valence-electron chi connectivity index (χ2n) is 1.90. The van der Waals surface area contributed by atoms with E-state index in [2.05, 4.69) is 17.2 Å². The molecule has 0 atom stereocenters. The zero-order valence-electron chi connectivity index (χ0n) is 5.83. The molecule has 0 aliphatic rings. The molecular formula is C7H5NO2S. The number of nitrogens with zero attached hydrogens (tertiary/aromatic N) is 1. The standard InChI is InChI=1S/C7H5NO2S/c1-5-6(2-3-10-5)7(9)8-4-11/h2-3H,1H3. The van der Waals surface area contributed by atoms with Crippen LogP contribution in [0.5, 0.6) is 0 Å². The van der Waals surface area contributed by atoms with Gasteiger partial charge in [-0.2, -0.15) is 4.99 Å². The molecule has 1 aromatic heterocycles. The summed E-state index contributed by atoms with van der Waals surface area (Å²) in [5, 5.41) is 2.00. The van der Waals surface area contributed by atoms with Crippen LogP contribution in [0.25, 0.3) is 0 Å². The third-order valence-electron chi connectivity index (χ3n) is 1.24. The lowest BCUT2D eigenvalue weighted by Crippen LogP contribution is -1.92. The fraction of sp³-hybridized carbons (Fsp3) is 0.143. The van der Waals surface area contributed by atoms with Gasteiger partial charge >= 0.3 is 0 Å². The van der Waals surface area contributed by atoms with Gasteiger partial charge in [0.15, 0.2) is 0 Å². The molecule has 1 amide bonds. The van der Waals surface area contributed by atoms with Crippen LogP contribution in [-0.4, -0.2) is 11.1 Å². The second kappa shape index (κ2) is 3.23. The van der Waals surface area contributed by atoms with Gasteiger partial charge < -0.3 is 4.42 Å². The lowest BCUT2D eigenvalue weighted by atomic mass is 10.2. The molecule has 0 bridgehead atoms. The Hall–Kier alpha value is -1.25. The summed E-state index contributed by atoms with van der Waals surface area (Å²) in [5.41, 5.74) is 0.433. The van der Waals surface area contributed by atoms with E-state index in [1.165, 1.54) is 6.26 Å². The van der Waals surface area contributed by atoms with E-state index in [4.69, 9.17) is 4.42 Å². The molecule has 0 N–H and O–H groups in total.